The molecule has 0 heterocycles. The molecule has 20 heavy (non-hydrogen) atoms. The summed E-state index contributed by atoms with van der Waals surface area (Å²) in [6.45, 7) is 5.79. The van der Waals surface area contributed by atoms with Crippen molar-refractivity contribution in [3.63, 3.8) is 0 Å². The monoisotopic (exact) mass is 295 g/mol. The molecule has 0 saturated heterocycles. The van der Waals surface area contributed by atoms with Gasteiger partial charge in [0.25, 0.3) is 0 Å². The molecule has 0 spiro atoms. The molecule has 0 saturated carbocycles. The number of alkyl carbamates (subject to hydrolysis) is 1. The fourth-order valence-electron chi connectivity index (χ4n) is 1.31. The summed E-state index contributed by atoms with van der Waals surface area (Å²) in [5, 5.41) is 12.4. The molecule has 5 heteroatoms. The van der Waals surface area contributed by atoms with Gasteiger partial charge in [0.15, 0.2) is 0 Å². The van der Waals surface area contributed by atoms with Crippen LogP contribution in [0.15, 0.2) is 18.2 Å². The Balaban J connectivity index is 2.40. The second kappa shape index (κ2) is 7.06. The third kappa shape index (κ3) is 6.35. The number of phenols is 1. The average molecular weight is 296 g/mol. The number of rotatable bonds is 2. The summed E-state index contributed by atoms with van der Waals surface area (Å²) < 4.78 is 5.08. The van der Waals surface area contributed by atoms with E-state index in [1.54, 1.807) is 26.8 Å². The zero-order valence-electron chi connectivity index (χ0n) is 11.8. The molecule has 1 amide bonds. The van der Waals surface area contributed by atoms with E-state index in [-0.39, 0.29) is 5.75 Å². The highest BCUT2D eigenvalue weighted by molar-refractivity contribution is 6.31. The molecule has 1 aromatic carbocycles. The van der Waals surface area contributed by atoms with E-state index in [0.29, 0.717) is 23.6 Å². The first-order valence-corrected chi connectivity index (χ1v) is 6.60. The van der Waals surface area contributed by atoms with E-state index in [9.17, 15) is 9.90 Å². The first kappa shape index (κ1) is 16.2. The van der Waals surface area contributed by atoms with Crippen LogP contribution in [0.3, 0.4) is 0 Å². The number of amides is 1. The first-order chi connectivity index (χ1) is 9.28. The number of hydrogen-bond donors (Lipinski definition) is 2. The first-order valence-electron chi connectivity index (χ1n) is 6.22. The fraction of sp³-hybridized carbons (Fsp3) is 0.400. The van der Waals surface area contributed by atoms with Gasteiger partial charge >= 0.3 is 6.09 Å². The highest BCUT2D eigenvalue weighted by Gasteiger charge is 2.15. The van der Waals surface area contributed by atoms with Gasteiger partial charge in [-0.05, 0) is 39.0 Å². The van der Waals surface area contributed by atoms with Gasteiger partial charge in [0, 0.05) is 18.5 Å². The second-order valence-electron chi connectivity index (χ2n) is 5.14. The van der Waals surface area contributed by atoms with Gasteiger partial charge in [-0.2, -0.15) is 0 Å². The molecule has 0 radical (unpaired) electrons. The Kier molecular flexibility index (Phi) is 5.72. The highest BCUT2D eigenvalue weighted by Crippen LogP contribution is 2.19. The number of phenolic OH excluding ortho intramolecular Hbond substituents is 1. The number of benzene rings is 1. The largest absolute Gasteiger partial charge is 0.508 e. The summed E-state index contributed by atoms with van der Waals surface area (Å²) in [5.41, 5.74) is 0.0501. The van der Waals surface area contributed by atoms with Crippen molar-refractivity contribution in [2.75, 3.05) is 6.54 Å². The Hall–Kier alpha value is -1.86. The molecular formula is C15H18ClNO3. The normalized spacial score (nSPS) is 10.4. The molecule has 0 aliphatic rings. The van der Waals surface area contributed by atoms with Crippen LogP contribution in [0.1, 0.15) is 32.8 Å². The quantitative estimate of drug-likeness (QED) is 0.650. The van der Waals surface area contributed by atoms with Crippen LogP contribution in [0.2, 0.25) is 5.02 Å². The Morgan fingerprint density at radius 3 is 2.80 bits per heavy atom. The van der Waals surface area contributed by atoms with Crippen LogP contribution in [0, 0.1) is 11.8 Å². The van der Waals surface area contributed by atoms with Gasteiger partial charge in [-0.15, -0.1) is 0 Å². The van der Waals surface area contributed by atoms with Gasteiger partial charge in [0.2, 0.25) is 0 Å². The Bertz CT molecular complexity index is 538. The topological polar surface area (TPSA) is 58.6 Å². The van der Waals surface area contributed by atoms with Crippen LogP contribution in [-0.2, 0) is 4.74 Å². The maximum atomic E-state index is 11.4. The van der Waals surface area contributed by atoms with Gasteiger partial charge in [-0.1, -0.05) is 23.4 Å². The summed E-state index contributed by atoms with van der Waals surface area (Å²) in [4.78, 5) is 11.4. The van der Waals surface area contributed by atoms with Crippen molar-refractivity contribution >= 4 is 17.7 Å². The van der Waals surface area contributed by atoms with E-state index >= 15 is 0 Å². The maximum absolute atomic E-state index is 11.4. The molecular weight excluding hydrogens is 278 g/mol. The van der Waals surface area contributed by atoms with Crippen LogP contribution < -0.4 is 5.32 Å². The van der Waals surface area contributed by atoms with Crippen molar-refractivity contribution in [3.8, 4) is 17.6 Å². The number of ether oxygens (including phenoxy) is 1. The molecule has 1 aromatic rings. The number of nitrogens with one attached hydrogen (secondary N) is 1. The van der Waals surface area contributed by atoms with Crippen molar-refractivity contribution in [3.05, 3.63) is 28.8 Å². The lowest BCUT2D eigenvalue weighted by molar-refractivity contribution is 0.0529. The molecule has 0 fully saturated rings. The molecule has 108 valence electrons. The van der Waals surface area contributed by atoms with Crippen molar-refractivity contribution in [2.45, 2.75) is 32.8 Å². The van der Waals surface area contributed by atoms with Gasteiger partial charge < -0.3 is 15.2 Å². The van der Waals surface area contributed by atoms with Crippen LogP contribution in [0.5, 0.6) is 5.75 Å². The van der Waals surface area contributed by atoms with Gasteiger partial charge in [0.1, 0.15) is 11.4 Å². The highest BCUT2D eigenvalue weighted by atomic mass is 35.5. The number of halogens is 1. The van der Waals surface area contributed by atoms with Crippen LogP contribution >= 0.6 is 11.6 Å². The summed E-state index contributed by atoms with van der Waals surface area (Å²) in [6, 6.07) is 4.58. The Labute approximate surface area is 124 Å². The molecule has 0 bridgehead atoms. The third-order valence-corrected chi connectivity index (χ3v) is 2.42. The Morgan fingerprint density at radius 1 is 1.45 bits per heavy atom. The summed E-state index contributed by atoms with van der Waals surface area (Å²) >= 11 is 5.93. The average Bonchev–Trinajstić information content (AvgIpc) is 2.30. The molecule has 4 nitrogen and oxygen atoms in total. The smallest absolute Gasteiger partial charge is 0.407 e. The molecule has 2 N–H and O–H groups in total. The number of hydrogen-bond acceptors (Lipinski definition) is 3. The lowest BCUT2D eigenvalue weighted by Gasteiger charge is -2.19. The third-order valence-electron chi connectivity index (χ3n) is 2.09. The molecule has 1 rings (SSSR count). The molecule has 0 aliphatic carbocycles. The fourth-order valence-corrected chi connectivity index (χ4v) is 1.47. The van der Waals surface area contributed by atoms with Gasteiger partial charge in [-0.3, -0.25) is 0 Å². The predicted molar refractivity (Wildman–Crippen MR) is 78.8 cm³/mol. The van der Waals surface area contributed by atoms with Crippen molar-refractivity contribution in [1.29, 1.82) is 0 Å². The predicted octanol–water partition coefficient (Wildman–Crippen LogP) is 3.31. The molecule has 0 unspecified atom stereocenters. The number of carbonyl (C=O) groups is 1. The van der Waals surface area contributed by atoms with Crippen LogP contribution in [0.4, 0.5) is 4.79 Å². The molecule has 0 atom stereocenters. The van der Waals surface area contributed by atoms with Crippen LogP contribution in [0.25, 0.3) is 0 Å². The number of carbonyl (C=O) groups excluding carboxylic acids is 1. The molecule has 0 aliphatic heterocycles. The van der Waals surface area contributed by atoms with E-state index in [1.165, 1.54) is 12.1 Å². The zero-order chi connectivity index (χ0) is 15.2. The van der Waals surface area contributed by atoms with Crippen molar-refractivity contribution in [1.82, 2.24) is 5.32 Å². The minimum absolute atomic E-state index is 0.116. The van der Waals surface area contributed by atoms with E-state index in [1.807, 2.05) is 0 Å². The summed E-state index contributed by atoms with van der Waals surface area (Å²) in [7, 11) is 0. The lowest BCUT2D eigenvalue weighted by Crippen LogP contribution is -2.32. The minimum atomic E-state index is -0.509. The summed E-state index contributed by atoms with van der Waals surface area (Å²) in [6.07, 6.45) is 0.000268. The van der Waals surface area contributed by atoms with Crippen molar-refractivity contribution < 1.29 is 14.6 Å². The SMILES string of the molecule is CC(C)(C)OC(=O)NCCC#Cc1cc(O)ccc1Cl. The molecule has 0 aromatic heterocycles. The second-order valence-corrected chi connectivity index (χ2v) is 5.55. The van der Waals surface area contributed by atoms with Gasteiger partial charge in [-0.25, -0.2) is 4.79 Å². The maximum Gasteiger partial charge on any atom is 0.407 e. The zero-order valence-corrected chi connectivity index (χ0v) is 12.5. The van der Waals surface area contributed by atoms with E-state index in [0.717, 1.165) is 0 Å². The Morgan fingerprint density at radius 2 is 2.15 bits per heavy atom. The van der Waals surface area contributed by atoms with E-state index in [4.69, 9.17) is 16.3 Å². The van der Waals surface area contributed by atoms with Gasteiger partial charge in [0.05, 0.1) is 5.02 Å². The summed E-state index contributed by atoms with van der Waals surface area (Å²) in [5.74, 6) is 5.83. The van der Waals surface area contributed by atoms with E-state index < -0.39 is 11.7 Å². The standard InChI is InChI=1S/C15H18ClNO3/c1-15(2,3)20-14(19)17-9-5-4-6-11-10-12(18)7-8-13(11)16/h7-8,10,18H,5,9H2,1-3H3,(H,17,19). The van der Waals surface area contributed by atoms with Crippen molar-refractivity contribution in [2.24, 2.45) is 0 Å². The van der Waals surface area contributed by atoms with E-state index in [2.05, 4.69) is 17.2 Å². The number of aromatic hydroxyl groups is 1. The minimum Gasteiger partial charge on any atom is -0.508 e. The lowest BCUT2D eigenvalue weighted by atomic mass is 10.2. The van der Waals surface area contributed by atoms with Crippen LogP contribution in [-0.4, -0.2) is 23.3 Å².